The van der Waals surface area contributed by atoms with E-state index in [2.05, 4.69) is 19.8 Å². The third-order valence-electron chi connectivity index (χ3n) is 4.40. The van der Waals surface area contributed by atoms with E-state index in [9.17, 15) is 5.11 Å². The molecule has 1 N–H and O–H groups in total. The molecule has 3 rings (SSSR count). The Hall–Kier alpha value is -0.910. The molecule has 0 bridgehead atoms. The van der Waals surface area contributed by atoms with Gasteiger partial charge in [-0.1, -0.05) is 11.6 Å². The maximum Gasteiger partial charge on any atom is 0.225 e. The Labute approximate surface area is 124 Å². The van der Waals surface area contributed by atoms with Crippen LogP contribution in [0.2, 0.25) is 5.02 Å². The zero-order valence-corrected chi connectivity index (χ0v) is 12.3. The Morgan fingerprint density at radius 2 is 1.85 bits per heavy atom. The molecule has 2 atom stereocenters. The van der Waals surface area contributed by atoms with Crippen molar-refractivity contribution in [2.24, 2.45) is 0 Å². The fraction of sp³-hybridized carbons (Fsp3) is 0.714. The zero-order chi connectivity index (χ0) is 13.9. The van der Waals surface area contributed by atoms with Crippen molar-refractivity contribution in [3.8, 4) is 0 Å². The Bertz CT molecular complexity index is 441. The van der Waals surface area contributed by atoms with Crippen molar-refractivity contribution >= 4 is 17.5 Å². The summed E-state index contributed by atoms with van der Waals surface area (Å²) in [6.07, 6.45) is 7.96. The van der Waals surface area contributed by atoms with Crippen LogP contribution < -0.4 is 4.90 Å². The summed E-state index contributed by atoms with van der Waals surface area (Å²) in [5, 5.41) is 10.0. The molecule has 0 amide bonds. The lowest BCUT2D eigenvalue weighted by atomic mass is 10.2. The number of rotatable bonds is 4. The van der Waals surface area contributed by atoms with Gasteiger partial charge in [-0.15, -0.1) is 0 Å². The van der Waals surface area contributed by atoms with Gasteiger partial charge in [0.2, 0.25) is 5.95 Å². The van der Waals surface area contributed by atoms with E-state index in [1.54, 1.807) is 12.4 Å². The highest BCUT2D eigenvalue weighted by Crippen LogP contribution is 2.26. The maximum atomic E-state index is 9.43. The first-order valence-electron chi connectivity index (χ1n) is 7.37. The van der Waals surface area contributed by atoms with E-state index < -0.39 is 0 Å². The summed E-state index contributed by atoms with van der Waals surface area (Å²) in [7, 11) is 0. The van der Waals surface area contributed by atoms with Gasteiger partial charge in [0.05, 0.1) is 24.0 Å². The minimum atomic E-state index is 0.268. The van der Waals surface area contributed by atoms with Crippen LogP contribution in [0.1, 0.15) is 25.7 Å². The van der Waals surface area contributed by atoms with Gasteiger partial charge in [0.1, 0.15) is 0 Å². The van der Waals surface area contributed by atoms with Crippen LogP contribution in [0.5, 0.6) is 0 Å². The highest BCUT2D eigenvalue weighted by atomic mass is 35.5. The van der Waals surface area contributed by atoms with Gasteiger partial charge in [-0.2, -0.15) is 0 Å². The molecule has 2 saturated heterocycles. The second-order valence-electron chi connectivity index (χ2n) is 5.66. The van der Waals surface area contributed by atoms with Crippen molar-refractivity contribution in [2.45, 2.75) is 37.8 Å². The van der Waals surface area contributed by atoms with Crippen molar-refractivity contribution in [1.29, 1.82) is 0 Å². The normalized spacial score (nSPS) is 27.4. The average Bonchev–Trinajstić information content (AvgIpc) is 3.09. The van der Waals surface area contributed by atoms with Gasteiger partial charge in [-0.3, -0.25) is 4.90 Å². The fourth-order valence-electron chi connectivity index (χ4n) is 3.36. The molecule has 2 fully saturated rings. The third-order valence-corrected chi connectivity index (χ3v) is 4.59. The molecule has 0 radical (unpaired) electrons. The van der Waals surface area contributed by atoms with Gasteiger partial charge >= 0.3 is 0 Å². The predicted molar refractivity (Wildman–Crippen MR) is 79.1 cm³/mol. The van der Waals surface area contributed by atoms with Gasteiger partial charge in [0, 0.05) is 25.2 Å². The monoisotopic (exact) mass is 296 g/mol. The van der Waals surface area contributed by atoms with Gasteiger partial charge in [0.15, 0.2) is 0 Å². The molecule has 1 aromatic heterocycles. The summed E-state index contributed by atoms with van der Waals surface area (Å²) in [5.41, 5.74) is 0. The van der Waals surface area contributed by atoms with Crippen molar-refractivity contribution < 1.29 is 5.11 Å². The molecule has 0 aliphatic carbocycles. The van der Waals surface area contributed by atoms with E-state index in [-0.39, 0.29) is 6.61 Å². The molecular formula is C14H21ClN4O. The number of aliphatic hydroxyl groups is 1. The molecule has 3 heterocycles. The molecular weight excluding hydrogens is 276 g/mol. The van der Waals surface area contributed by atoms with E-state index in [0.717, 1.165) is 32.0 Å². The lowest BCUT2D eigenvalue weighted by molar-refractivity contribution is 0.153. The summed E-state index contributed by atoms with van der Waals surface area (Å²) in [6, 6.07) is 0.784. The van der Waals surface area contributed by atoms with Crippen molar-refractivity contribution in [1.82, 2.24) is 14.9 Å². The lowest BCUT2D eigenvalue weighted by Gasteiger charge is -2.31. The van der Waals surface area contributed by atoms with Gasteiger partial charge in [-0.05, 0) is 32.2 Å². The number of halogens is 1. The van der Waals surface area contributed by atoms with Crippen LogP contribution in [-0.4, -0.2) is 58.3 Å². The van der Waals surface area contributed by atoms with Crippen molar-refractivity contribution in [3.05, 3.63) is 17.4 Å². The molecule has 20 heavy (non-hydrogen) atoms. The number of likely N-dealkylation sites (tertiary alicyclic amines) is 1. The first-order chi connectivity index (χ1) is 9.78. The molecule has 0 aromatic carbocycles. The highest BCUT2D eigenvalue weighted by molar-refractivity contribution is 6.30. The Morgan fingerprint density at radius 3 is 2.60 bits per heavy atom. The summed E-state index contributed by atoms with van der Waals surface area (Å²) < 4.78 is 0. The van der Waals surface area contributed by atoms with Crippen LogP contribution in [0.15, 0.2) is 12.4 Å². The number of anilines is 1. The van der Waals surface area contributed by atoms with Gasteiger partial charge < -0.3 is 10.0 Å². The number of hydrogen-bond acceptors (Lipinski definition) is 5. The van der Waals surface area contributed by atoms with E-state index in [4.69, 9.17) is 11.6 Å². The standard InChI is InChI=1S/C14H21ClN4O/c15-11-7-16-14(17-8-11)19-6-2-3-12(19)9-18-5-1-4-13(18)10-20/h7-8,12-13,20H,1-6,9-10H2/t12-,13-/m0/s1. The van der Waals surface area contributed by atoms with E-state index in [1.807, 2.05) is 0 Å². The smallest absolute Gasteiger partial charge is 0.225 e. The molecule has 2 aliphatic heterocycles. The average molecular weight is 297 g/mol. The van der Waals surface area contributed by atoms with Gasteiger partial charge in [0.25, 0.3) is 0 Å². The zero-order valence-electron chi connectivity index (χ0n) is 11.6. The SMILES string of the molecule is OC[C@@H]1CCCN1C[C@@H]1CCCN1c1ncc(Cl)cn1. The van der Waals surface area contributed by atoms with Crippen LogP contribution in [-0.2, 0) is 0 Å². The van der Waals surface area contributed by atoms with Crippen LogP contribution in [0.4, 0.5) is 5.95 Å². The minimum Gasteiger partial charge on any atom is -0.395 e. The number of aromatic nitrogens is 2. The third kappa shape index (κ3) is 2.90. The number of hydrogen-bond donors (Lipinski definition) is 1. The van der Waals surface area contributed by atoms with Crippen LogP contribution in [0.25, 0.3) is 0 Å². The van der Waals surface area contributed by atoms with Crippen LogP contribution >= 0.6 is 11.6 Å². The number of nitrogens with zero attached hydrogens (tertiary/aromatic N) is 4. The van der Waals surface area contributed by atoms with E-state index in [0.29, 0.717) is 17.1 Å². The molecule has 1 aromatic rings. The maximum absolute atomic E-state index is 9.43. The molecule has 0 saturated carbocycles. The molecule has 0 spiro atoms. The van der Waals surface area contributed by atoms with Gasteiger partial charge in [-0.25, -0.2) is 9.97 Å². The lowest BCUT2D eigenvalue weighted by Crippen LogP contribution is -2.44. The first kappa shape index (κ1) is 14.0. The Kier molecular flexibility index (Phi) is 4.38. The summed E-state index contributed by atoms with van der Waals surface area (Å²) in [6.45, 7) is 3.36. The number of aliphatic hydroxyl groups excluding tert-OH is 1. The molecule has 0 unspecified atom stereocenters. The molecule has 110 valence electrons. The largest absolute Gasteiger partial charge is 0.395 e. The Morgan fingerprint density at radius 1 is 1.15 bits per heavy atom. The van der Waals surface area contributed by atoms with E-state index >= 15 is 0 Å². The minimum absolute atomic E-state index is 0.268. The van der Waals surface area contributed by atoms with Crippen molar-refractivity contribution in [2.75, 3.05) is 31.1 Å². The van der Waals surface area contributed by atoms with Crippen LogP contribution in [0, 0.1) is 0 Å². The predicted octanol–water partition coefficient (Wildman–Crippen LogP) is 1.56. The fourth-order valence-corrected chi connectivity index (χ4v) is 3.45. The van der Waals surface area contributed by atoms with E-state index in [1.165, 1.54) is 19.3 Å². The van der Waals surface area contributed by atoms with Crippen molar-refractivity contribution in [3.63, 3.8) is 0 Å². The molecule has 5 nitrogen and oxygen atoms in total. The topological polar surface area (TPSA) is 52.5 Å². The highest BCUT2D eigenvalue weighted by Gasteiger charge is 2.32. The molecule has 6 heteroatoms. The first-order valence-corrected chi connectivity index (χ1v) is 7.75. The second kappa shape index (κ2) is 6.24. The molecule has 2 aliphatic rings. The summed E-state index contributed by atoms with van der Waals surface area (Å²) in [5.74, 6) is 0.775. The Balaban J connectivity index is 1.67. The summed E-state index contributed by atoms with van der Waals surface area (Å²) >= 11 is 5.85. The van der Waals surface area contributed by atoms with Crippen LogP contribution in [0.3, 0.4) is 0 Å². The summed E-state index contributed by atoms with van der Waals surface area (Å²) in [4.78, 5) is 13.4. The quantitative estimate of drug-likeness (QED) is 0.914. The second-order valence-corrected chi connectivity index (χ2v) is 6.10.